The molecule has 0 bridgehead atoms. The minimum atomic E-state index is 0.635. The normalized spacial score (nSPS) is 11.6. The second kappa shape index (κ2) is 13.3. The van der Waals surface area contributed by atoms with E-state index in [1.807, 2.05) is 24.3 Å². The molecule has 0 N–H and O–H groups in total. The first-order valence-electron chi connectivity index (χ1n) is 18.8. The van der Waals surface area contributed by atoms with E-state index in [4.69, 9.17) is 15.0 Å². The fourth-order valence-electron chi connectivity index (χ4n) is 7.98. The molecule has 8 aromatic carbocycles. The quantitative estimate of drug-likeness (QED) is 0.171. The third kappa shape index (κ3) is 5.48. The second-order valence-electron chi connectivity index (χ2n) is 14.0. The van der Waals surface area contributed by atoms with Crippen molar-refractivity contribution in [3.8, 4) is 62.1 Å². The maximum Gasteiger partial charge on any atom is 0.165 e. The number of hydrogen-bond donors (Lipinski definition) is 0. The lowest BCUT2D eigenvalue weighted by molar-refractivity contribution is 1.07. The van der Waals surface area contributed by atoms with Crippen LogP contribution in [-0.4, -0.2) is 19.5 Å². The number of para-hydroxylation sites is 1. The molecule has 4 nitrogen and oxygen atoms in total. The highest BCUT2D eigenvalue weighted by Crippen LogP contribution is 2.43. The highest BCUT2D eigenvalue weighted by molar-refractivity contribution is 7.26. The van der Waals surface area contributed by atoms with Gasteiger partial charge in [-0.1, -0.05) is 158 Å². The summed E-state index contributed by atoms with van der Waals surface area (Å²) in [5.41, 5.74) is 10.8. The molecule has 0 spiro atoms. The standard InChI is InChI=1S/C51H32N4S/c1-4-15-33(16-5-1)36-21-14-22-38(29-36)50-52-49(35-19-8-3-9-20-35)53-51(54-50)44-32-39(31-43-42-24-11-13-26-47(42)56-48(43)44)55-45-25-12-10-23-40(45)41-28-27-37(30-46(41)55)34-17-6-2-7-18-34/h1-32H. The van der Waals surface area contributed by atoms with Crippen molar-refractivity contribution in [1.29, 1.82) is 0 Å². The highest BCUT2D eigenvalue weighted by atomic mass is 32.1. The Balaban J connectivity index is 1.20. The molecule has 11 aromatic rings. The van der Waals surface area contributed by atoms with Gasteiger partial charge in [0, 0.05) is 53.3 Å². The van der Waals surface area contributed by atoms with Gasteiger partial charge >= 0.3 is 0 Å². The van der Waals surface area contributed by atoms with Gasteiger partial charge in [0.2, 0.25) is 0 Å². The van der Waals surface area contributed by atoms with Crippen LogP contribution in [0.25, 0.3) is 104 Å². The van der Waals surface area contributed by atoms with Gasteiger partial charge in [-0.25, -0.2) is 15.0 Å². The van der Waals surface area contributed by atoms with Crippen LogP contribution in [0.3, 0.4) is 0 Å². The predicted molar refractivity (Wildman–Crippen MR) is 234 cm³/mol. The first-order valence-corrected chi connectivity index (χ1v) is 19.6. The maximum absolute atomic E-state index is 5.33. The molecule has 56 heavy (non-hydrogen) atoms. The van der Waals surface area contributed by atoms with Crippen LogP contribution in [0.2, 0.25) is 0 Å². The van der Waals surface area contributed by atoms with E-state index in [1.165, 1.54) is 37.4 Å². The van der Waals surface area contributed by atoms with Crippen LogP contribution in [-0.2, 0) is 0 Å². The third-order valence-corrected chi connectivity index (χ3v) is 11.9. The Labute approximate surface area is 327 Å². The number of thiophene rings is 1. The molecule has 11 rings (SSSR count). The van der Waals surface area contributed by atoms with Crippen LogP contribution < -0.4 is 0 Å². The zero-order valence-corrected chi connectivity index (χ0v) is 31.0. The van der Waals surface area contributed by atoms with Crippen LogP contribution in [0.5, 0.6) is 0 Å². The van der Waals surface area contributed by atoms with Crippen LogP contribution in [0.15, 0.2) is 194 Å². The smallest absolute Gasteiger partial charge is 0.165 e. The van der Waals surface area contributed by atoms with Crippen molar-refractivity contribution in [3.05, 3.63) is 194 Å². The van der Waals surface area contributed by atoms with E-state index in [1.54, 1.807) is 11.3 Å². The SMILES string of the molecule is c1ccc(-c2cccc(-c3nc(-c4ccccc4)nc(-c4cc(-n5c6ccccc6c6ccc(-c7ccccc7)cc65)cc5c4sc4ccccc45)n3)c2)cc1. The average Bonchev–Trinajstić information content (AvgIpc) is 3.82. The Hall–Kier alpha value is -7.21. The van der Waals surface area contributed by atoms with Gasteiger partial charge in [0.05, 0.1) is 11.0 Å². The Morgan fingerprint density at radius 2 is 0.893 bits per heavy atom. The Morgan fingerprint density at radius 1 is 0.339 bits per heavy atom. The number of rotatable bonds is 6. The van der Waals surface area contributed by atoms with Gasteiger partial charge in [-0.15, -0.1) is 11.3 Å². The summed E-state index contributed by atoms with van der Waals surface area (Å²) in [4.78, 5) is 15.7. The molecule has 0 fully saturated rings. The third-order valence-electron chi connectivity index (χ3n) is 10.6. The van der Waals surface area contributed by atoms with Crippen LogP contribution >= 0.6 is 11.3 Å². The molecule has 0 aliphatic carbocycles. The summed E-state index contributed by atoms with van der Waals surface area (Å²) < 4.78 is 4.79. The first kappa shape index (κ1) is 32.2. The average molecular weight is 733 g/mol. The summed E-state index contributed by atoms with van der Waals surface area (Å²) in [6.45, 7) is 0. The van der Waals surface area contributed by atoms with Gasteiger partial charge in [0.25, 0.3) is 0 Å². The molecule has 0 saturated heterocycles. The number of fused-ring (bicyclic) bond motifs is 6. The van der Waals surface area contributed by atoms with E-state index in [2.05, 4.69) is 174 Å². The van der Waals surface area contributed by atoms with E-state index in [-0.39, 0.29) is 0 Å². The van der Waals surface area contributed by atoms with E-state index >= 15 is 0 Å². The second-order valence-corrected chi connectivity index (χ2v) is 15.1. The molecule has 0 atom stereocenters. The number of aromatic nitrogens is 4. The summed E-state index contributed by atoms with van der Waals surface area (Å²) in [5, 5.41) is 4.82. The predicted octanol–water partition coefficient (Wildman–Crippen LogP) is 13.7. The lowest BCUT2D eigenvalue weighted by Gasteiger charge is -2.14. The van der Waals surface area contributed by atoms with Crippen molar-refractivity contribution in [3.63, 3.8) is 0 Å². The van der Waals surface area contributed by atoms with Crippen molar-refractivity contribution in [2.24, 2.45) is 0 Å². The van der Waals surface area contributed by atoms with Crippen molar-refractivity contribution in [2.45, 2.75) is 0 Å². The molecule has 5 heteroatoms. The lowest BCUT2D eigenvalue weighted by atomic mass is 10.0. The van der Waals surface area contributed by atoms with Crippen molar-refractivity contribution in [1.82, 2.24) is 19.5 Å². The minimum Gasteiger partial charge on any atom is -0.309 e. The van der Waals surface area contributed by atoms with Crippen molar-refractivity contribution in [2.75, 3.05) is 0 Å². The molecule has 0 saturated carbocycles. The van der Waals surface area contributed by atoms with E-state index in [0.29, 0.717) is 17.5 Å². The Morgan fingerprint density at radius 3 is 1.64 bits per heavy atom. The molecule has 0 amide bonds. The molecule has 262 valence electrons. The summed E-state index contributed by atoms with van der Waals surface area (Å²) in [6, 6.07) is 68.6. The highest BCUT2D eigenvalue weighted by Gasteiger charge is 2.21. The monoisotopic (exact) mass is 732 g/mol. The summed E-state index contributed by atoms with van der Waals surface area (Å²) in [6.07, 6.45) is 0. The van der Waals surface area contributed by atoms with Gasteiger partial charge in [-0.2, -0.15) is 0 Å². The molecule has 3 heterocycles. The fraction of sp³-hybridized carbons (Fsp3) is 0. The van der Waals surface area contributed by atoms with Crippen LogP contribution in [0, 0.1) is 0 Å². The van der Waals surface area contributed by atoms with Gasteiger partial charge in [-0.05, 0) is 58.7 Å². The number of nitrogens with zero attached hydrogens (tertiary/aromatic N) is 4. The maximum atomic E-state index is 5.33. The summed E-state index contributed by atoms with van der Waals surface area (Å²) >= 11 is 1.79. The Kier molecular flexibility index (Phi) is 7.64. The minimum absolute atomic E-state index is 0.635. The Bertz CT molecular complexity index is 3240. The van der Waals surface area contributed by atoms with Gasteiger partial charge in [0.15, 0.2) is 17.5 Å². The van der Waals surface area contributed by atoms with E-state index in [0.717, 1.165) is 49.2 Å². The lowest BCUT2D eigenvalue weighted by Crippen LogP contribution is -2.01. The molecule has 0 aliphatic heterocycles. The summed E-state index contributed by atoms with van der Waals surface area (Å²) in [7, 11) is 0. The molecule has 0 radical (unpaired) electrons. The van der Waals surface area contributed by atoms with Gasteiger partial charge in [0.1, 0.15) is 0 Å². The molecular weight excluding hydrogens is 701 g/mol. The van der Waals surface area contributed by atoms with Gasteiger partial charge < -0.3 is 4.57 Å². The van der Waals surface area contributed by atoms with Gasteiger partial charge in [-0.3, -0.25) is 0 Å². The zero-order chi connectivity index (χ0) is 37.0. The topological polar surface area (TPSA) is 43.6 Å². The largest absolute Gasteiger partial charge is 0.309 e. The first-order chi connectivity index (χ1) is 27.7. The molecule has 0 aliphatic rings. The fourth-order valence-corrected chi connectivity index (χ4v) is 9.17. The van der Waals surface area contributed by atoms with Crippen molar-refractivity contribution < 1.29 is 0 Å². The van der Waals surface area contributed by atoms with Crippen molar-refractivity contribution >= 4 is 53.3 Å². The van der Waals surface area contributed by atoms with Crippen LogP contribution in [0.1, 0.15) is 0 Å². The number of hydrogen-bond acceptors (Lipinski definition) is 4. The molecular formula is C51H32N4S. The zero-order valence-electron chi connectivity index (χ0n) is 30.2. The van der Waals surface area contributed by atoms with Crippen LogP contribution in [0.4, 0.5) is 0 Å². The molecule has 0 unspecified atom stereocenters. The number of benzene rings is 8. The van der Waals surface area contributed by atoms with E-state index in [9.17, 15) is 0 Å². The van der Waals surface area contributed by atoms with E-state index < -0.39 is 0 Å². The molecule has 3 aromatic heterocycles. The summed E-state index contributed by atoms with van der Waals surface area (Å²) in [5.74, 6) is 1.92.